The molecule has 5 heteroatoms. The number of halogens is 1. The van der Waals surface area contributed by atoms with E-state index in [2.05, 4.69) is 5.32 Å². The van der Waals surface area contributed by atoms with Crippen LogP contribution in [0.15, 0.2) is 12.1 Å². The molecule has 1 saturated heterocycles. The number of nitrogens with one attached hydrogen (secondary N) is 1. The van der Waals surface area contributed by atoms with Crippen LogP contribution in [0.25, 0.3) is 0 Å². The van der Waals surface area contributed by atoms with Gasteiger partial charge in [-0.25, -0.2) is 4.39 Å². The van der Waals surface area contributed by atoms with Crippen LogP contribution in [0, 0.1) is 11.7 Å². The molecule has 1 aromatic rings. The van der Waals surface area contributed by atoms with E-state index in [1.807, 2.05) is 11.9 Å². The Labute approximate surface area is 123 Å². The average Bonchev–Trinajstić information content (AvgIpc) is 3.04. The first-order chi connectivity index (χ1) is 10.1. The van der Waals surface area contributed by atoms with Crippen molar-refractivity contribution in [1.82, 2.24) is 4.90 Å². The van der Waals surface area contributed by atoms with Crippen molar-refractivity contribution in [1.29, 1.82) is 0 Å². The highest BCUT2D eigenvalue weighted by molar-refractivity contribution is 5.95. The van der Waals surface area contributed by atoms with Crippen molar-refractivity contribution in [2.75, 3.05) is 18.9 Å². The van der Waals surface area contributed by atoms with Gasteiger partial charge in [0.2, 0.25) is 5.91 Å². The molecule has 0 bridgehead atoms. The van der Waals surface area contributed by atoms with Gasteiger partial charge in [0.05, 0.1) is 6.04 Å². The zero-order valence-electron chi connectivity index (χ0n) is 12.1. The largest absolute Gasteiger partial charge is 0.325 e. The Morgan fingerprint density at radius 3 is 2.90 bits per heavy atom. The quantitative estimate of drug-likeness (QED) is 0.863. The Kier molecular flexibility index (Phi) is 3.76. The number of hydrogen-bond acceptors (Lipinski definition) is 3. The van der Waals surface area contributed by atoms with Gasteiger partial charge in [-0.15, -0.1) is 0 Å². The molecule has 3 rings (SSSR count). The second-order valence-electron chi connectivity index (χ2n) is 6.03. The summed E-state index contributed by atoms with van der Waals surface area (Å²) in [6, 6.07) is 3.03. The first-order valence-corrected chi connectivity index (χ1v) is 7.36. The normalized spacial score (nSPS) is 24.9. The number of fused-ring (bicyclic) bond motifs is 1. The Morgan fingerprint density at radius 2 is 2.24 bits per heavy atom. The SMILES string of the molecule is CN1CCC[C@H]1C(=O)Nc1cc(F)c2c(c1)CC(C=O)C2. The van der Waals surface area contributed by atoms with Crippen molar-refractivity contribution in [3.63, 3.8) is 0 Å². The van der Waals surface area contributed by atoms with Crippen LogP contribution in [-0.4, -0.2) is 36.7 Å². The van der Waals surface area contributed by atoms with Gasteiger partial charge in [-0.2, -0.15) is 0 Å². The number of likely N-dealkylation sites (N-methyl/N-ethyl adjacent to an activating group) is 1. The highest BCUT2D eigenvalue weighted by Crippen LogP contribution is 2.31. The van der Waals surface area contributed by atoms with E-state index in [4.69, 9.17) is 0 Å². The molecule has 1 fully saturated rings. The van der Waals surface area contributed by atoms with Crippen molar-refractivity contribution in [2.24, 2.45) is 5.92 Å². The van der Waals surface area contributed by atoms with E-state index < -0.39 is 0 Å². The van der Waals surface area contributed by atoms with Crippen LogP contribution in [0.5, 0.6) is 0 Å². The fourth-order valence-corrected chi connectivity index (χ4v) is 3.36. The third-order valence-corrected chi connectivity index (χ3v) is 4.52. The maximum Gasteiger partial charge on any atom is 0.241 e. The van der Waals surface area contributed by atoms with Gasteiger partial charge in [-0.05, 0) is 62.5 Å². The summed E-state index contributed by atoms with van der Waals surface area (Å²) in [6.45, 7) is 0.914. The molecule has 0 saturated carbocycles. The summed E-state index contributed by atoms with van der Waals surface area (Å²) in [5.41, 5.74) is 1.94. The van der Waals surface area contributed by atoms with Crippen LogP contribution >= 0.6 is 0 Å². The van der Waals surface area contributed by atoms with Gasteiger partial charge in [-0.3, -0.25) is 9.69 Å². The first-order valence-electron chi connectivity index (χ1n) is 7.36. The van der Waals surface area contributed by atoms with E-state index in [-0.39, 0.29) is 23.7 Å². The lowest BCUT2D eigenvalue weighted by atomic mass is 10.1. The number of carbonyl (C=O) groups excluding carboxylic acids is 2. The summed E-state index contributed by atoms with van der Waals surface area (Å²) < 4.78 is 14.1. The third-order valence-electron chi connectivity index (χ3n) is 4.52. The van der Waals surface area contributed by atoms with Crippen molar-refractivity contribution in [2.45, 2.75) is 31.7 Å². The number of benzene rings is 1. The molecule has 0 aromatic heterocycles. The number of amides is 1. The number of rotatable bonds is 3. The summed E-state index contributed by atoms with van der Waals surface area (Å²) >= 11 is 0. The molecule has 1 unspecified atom stereocenters. The lowest BCUT2D eigenvalue weighted by molar-refractivity contribution is -0.120. The summed E-state index contributed by atoms with van der Waals surface area (Å²) in [5, 5.41) is 2.81. The second-order valence-corrected chi connectivity index (χ2v) is 6.03. The standard InChI is InChI=1S/C16H19FN2O2/c1-19-4-2-3-15(19)16(21)18-12-7-11-5-10(9-20)6-13(11)14(17)8-12/h7-10,15H,2-6H2,1H3,(H,18,21)/t10?,15-/m0/s1. The number of anilines is 1. The van der Waals surface area contributed by atoms with E-state index in [1.54, 1.807) is 6.07 Å². The smallest absolute Gasteiger partial charge is 0.241 e. The topological polar surface area (TPSA) is 49.4 Å². The van der Waals surface area contributed by atoms with Crippen molar-refractivity contribution >= 4 is 17.9 Å². The van der Waals surface area contributed by atoms with Gasteiger partial charge in [0, 0.05) is 11.6 Å². The van der Waals surface area contributed by atoms with Crippen LogP contribution in [-0.2, 0) is 22.4 Å². The summed E-state index contributed by atoms with van der Waals surface area (Å²) in [7, 11) is 1.93. The Morgan fingerprint density at radius 1 is 1.43 bits per heavy atom. The minimum absolute atomic E-state index is 0.0840. The molecular weight excluding hydrogens is 271 g/mol. The fraction of sp³-hybridized carbons (Fsp3) is 0.500. The number of aldehydes is 1. The minimum Gasteiger partial charge on any atom is -0.325 e. The second kappa shape index (κ2) is 5.56. The van der Waals surface area contributed by atoms with Crippen LogP contribution in [0.2, 0.25) is 0 Å². The van der Waals surface area contributed by atoms with Crippen molar-refractivity contribution in [3.8, 4) is 0 Å². The van der Waals surface area contributed by atoms with Gasteiger partial charge < -0.3 is 10.1 Å². The van der Waals surface area contributed by atoms with Crippen molar-refractivity contribution in [3.05, 3.63) is 29.1 Å². The first kappa shape index (κ1) is 14.2. The number of hydrogen-bond donors (Lipinski definition) is 1. The summed E-state index contributed by atoms with van der Waals surface area (Å²) in [6.07, 6.45) is 3.75. The lowest BCUT2D eigenvalue weighted by Crippen LogP contribution is -2.37. The predicted octanol–water partition coefficient (Wildman–Crippen LogP) is 1.77. The zero-order valence-corrected chi connectivity index (χ0v) is 12.1. The lowest BCUT2D eigenvalue weighted by Gasteiger charge is -2.19. The van der Waals surface area contributed by atoms with Crippen LogP contribution < -0.4 is 5.32 Å². The van der Waals surface area contributed by atoms with E-state index in [9.17, 15) is 14.0 Å². The zero-order chi connectivity index (χ0) is 15.0. The highest BCUT2D eigenvalue weighted by atomic mass is 19.1. The van der Waals surface area contributed by atoms with E-state index in [0.29, 0.717) is 24.1 Å². The van der Waals surface area contributed by atoms with Gasteiger partial charge in [-0.1, -0.05) is 0 Å². The molecule has 0 spiro atoms. The van der Waals surface area contributed by atoms with E-state index >= 15 is 0 Å². The Hall–Kier alpha value is -1.75. The minimum atomic E-state index is -0.327. The fourth-order valence-electron chi connectivity index (χ4n) is 3.36. The molecule has 1 amide bonds. The number of carbonyl (C=O) groups is 2. The molecule has 1 aliphatic carbocycles. The maximum absolute atomic E-state index is 14.1. The summed E-state index contributed by atoms with van der Waals surface area (Å²) in [5.74, 6) is -0.548. The Balaban J connectivity index is 1.77. The molecular formula is C16H19FN2O2. The van der Waals surface area contributed by atoms with Crippen LogP contribution in [0.3, 0.4) is 0 Å². The monoisotopic (exact) mass is 290 g/mol. The maximum atomic E-state index is 14.1. The molecule has 1 N–H and O–H groups in total. The molecule has 21 heavy (non-hydrogen) atoms. The van der Waals surface area contributed by atoms with Gasteiger partial charge in [0.15, 0.2) is 0 Å². The highest BCUT2D eigenvalue weighted by Gasteiger charge is 2.29. The number of nitrogens with zero attached hydrogens (tertiary/aromatic N) is 1. The van der Waals surface area contributed by atoms with Crippen LogP contribution in [0.4, 0.5) is 10.1 Å². The molecule has 112 valence electrons. The molecule has 2 atom stereocenters. The molecule has 1 heterocycles. The molecule has 1 aliphatic heterocycles. The van der Waals surface area contributed by atoms with Gasteiger partial charge in [0.25, 0.3) is 0 Å². The average molecular weight is 290 g/mol. The third kappa shape index (κ3) is 2.70. The van der Waals surface area contributed by atoms with Gasteiger partial charge in [0.1, 0.15) is 12.1 Å². The molecule has 0 radical (unpaired) electrons. The molecule has 4 nitrogen and oxygen atoms in total. The molecule has 2 aliphatic rings. The summed E-state index contributed by atoms with van der Waals surface area (Å²) in [4.78, 5) is 25.1. The number of likely N-dealkylation sites (tertiary alicyclic amines) is 1. The van der Waals surface area contributed by atoms with E-state index in [0.717, 1.165) is 31.2 Å². The van der Waals surface area contributed by atoms with Gasteiger partial charge >= 0.3 is 0 Å². The van der Waals surface area contributed by atoms with E-state index in [1.165, 1.54) is 6.07 Å². The van der Waals surface area contributed by atoms with Crippen molar-refractivity contribution < 1.29 is 14.0 Å². The predicted molar refractivity (Wildman–Crippen MR) is 77.6 cm³/mol. The molecule has 1 aromatic carbocycles. The Bertz CT molecular complexity index is 588. The van der Waals surface area contributed by atoms with Crippen LogP contribution in [0.1, 0.15) is 24.0 Å².